The van der Waals surface area contributed by atoms with Crippen LogP contribution < -0.4 is 5.32 Å². The molecule has 2 aromatic rings. The zero-order valence-corrected chi connectivity index (χ0v) is 10.7. The topological polar surface area (TPSA) is 29.9 Å². The Hall–Kier alpha value is -1.77. The number of hydrogen-bond donors (Lipinski definition) is 1. The van der Waals surface area contributed by atoms with Crippen LogP contribution in [0.4, 0.5) is 5.69 Å². The van der Waals surface area contributed by atoms with E-state index in [0.717, 1.165) is 18.9 Å². The van der Waals surface area contributed by atoms with Crippen molar-refractivity contribution in [1.29, 1.82) is 0 Å². The summed E-state index contributed by atoms with van der Waals surface area (Å²) in [6, 6.07) is 6.48. The Balaban J connectivity index is 1.94. The monoisotopic (exact) mass is 229 g/mol. The highest BCUT2D eigenvalue weighted by Gasteiger charge is 1.99. The van der Waals surface area contributed by atoms with Gasteiger partial charge in [-0.25, -0.2) is 4.98 Å². The predicted octanol–water partition coefficient (Wildman–Crippen LogP) is 2.92. The number of anilines is 1. The molecule has 0 saturated carbocycles. The van der Waals surface area contributed by atoms with Crippen LogP contribution in [0.3, 0.4) is 0 Å². The molecule has 0 bridgehead atoms. The summed E-state index contributed by atoms with van der Waals surface area (Å²) in [5.41, 5.74) is 3.80. The van der Waals surface area contributed by atoms with Gasteiger partial charge >= 0.3 is 0 Å². The first-order valence-corrected chi connectivity index (χ1v) is 5.95. The van der Waals surface area contributed by atoms with E-state index in [-0.39, 0.29) is 0 Å². The molecule has 0 fully saturated rings. The predicted molar refractivity (Wildman–Crippen MR) is 71.4 cm³/mol. The van der Waals surface area contributed by atoms with Gasteiger partial charge in [0.05, 0.1) is 0 Å². The van der Waals surface area contributed by atoms with Crippen LogP contribution in [0.5, 0.6) is 0 Å². The Morgan fingerprint density at radius 3 is 2.76 bits per heavy atom. The molecule has 0 unspecified atom stereocenters. The summed E-state index contributed by atoms with van der Waals surface area (Å²) in [4.78, 5) is 4.21. The van der Waals surface area contributed by atoms with Gasteiger partial charge in [0.25, 0.3) is 0 Å². The van der Waals surface area contributed by atoms with Crippen LogP contribution in [-0.2, 0) is 6.54 Å². The molecule has 17 heavy (non-hydrogen) atoms. The summed E-state index contributed by atoms with van der Waals surface area (Å²) >= 11 is 0. The molecule has 1 aromatic carbocycles. The van der Waals surface area contributed by atoms with E-state index in [2.05, 4.69) is 46.9 Å². The number of aryl methyl sites for hydroxylation is 3. The molecule has 0 aliphatic heterocycles. The SMILES string of the molecule is Cc1ccc(C)c(NCCn2ccnc2C)c1. The maximum atomic E-state index is 4.21. The fourth-order valence-corrected chi connectivity index (χ4v) is 1.88. The van der Waals surface area contributed by atoms with Crippen LogP contribution in [0.2, 0.25) is 0 Å². The van der Waals surface area contributed by atoms with Crippen molar-refractivity contribution in [2.45, 2.75) is 27.3 Å². The summed E-state index contributed by atoms with van der Waals surface area (Å²) < 4.78 is 2.15. The minimum atomic E-state index is 0.918. The van der Waals surface area contributed by atoms with Gasteiger partial charge in [0.2, 0.25) is 0 Å². The van der Waals surface area contributed by atoms with Gasteiger partial charge in [0, 0.05) is 31.2 Å². The van der Waals surface area contributed by atoms with Gasteiger partial charge in [-0.15, -0.1) is 0 Å². The number of nitrogens with one attached hydrogen (secondary N) is 1. The van der Waals surface area contributed by atoms with E-state index in [0.29, 0.717) is 0 Å². The minimum Gasteiger partial charge on any atom is -0.383 e. The molecule has 0 amide bonds. The lowest BCUT2D eigenvalue weighted by Gasteiger charge is -2.11. The molecule has 1 heterocycles. The second kappa shape index (κ2) is 5.04. The van der Waals surface area contributed by atoms with Crippen molar-refractivity contribution >= 4 is 5.69 Å². The van der Waals surface area contributed by atoms with Crippen LogP contribution in [-0.4, -0.2) is 16.1 Å². The highest BCUT2D eigenvalue weighted by molar-refractivity contribution is 5.52. The average Bonchev–Trinajstić information content (AvgIpc) is 2.70. The number of imidazole rings is 1. The Morgan fingerprint density at radius 1 is 1.24 bits per heavy atom. The van der Waals surface area contributed by atoms with E-state index in [9.17, 15) is 0 Å². The Labute approximate surface area is 103 Å². The lowest BCUT2D eigenvalue weighted by atomic mass is 10.1. The number of benzene rings is 1. The van der Waals surface area contributed by atoms with E-state index in [1.165, 1.54) is 16.8 Å². The van der Waals surface area contributed by atoms with Crippen LogP contribution >= 0.6 is 0 Å². The normalized spacial score (nSPS) is 10.5. The average molecular weight is 229 g/mol. The fourth-order valence-electron chi connectivity index (χ4n) is 1.88. The highest BCUT2D eigenvalue weighted by atomic mass is 15.1. The summed E-state index contributed by atoms with van der Waals surface area (Å²) in [5, 5.41) is 3.47. The summed E-state index contributed by atoms with van der Waals surface area (Å²) in [6.45, 7) is 8.13. The largest absolute Gasteiger partial charge is 0.383 e. The molecule has 0 aliphatic carbocycles. The van der Waals surface area contributed by atoms with Gasteiger partial charge in [0.1, 0.15) is 5.82 Å². The molecule has 90 valence electrons. The Morgan fingerprint density at radius 2 is 2.06 bits per heavy atom. The number of nitrogens with zero attached hydrogens (tertiary/aromatic N) is 2. The quantitative estimate of drug-likeness (QED) is 0.873. The Bertz CT molecular complexity index is 500. The van der Waals surface area contributed by atoms with Crippen LogP contribution in [0, 0.1) is 20.8 Å². The first-order chi connectivity index (χ1) is 8.16. The second-order valence-electron chi connectivity index (χ2n) is 4.41. The zero-order valence-electron chi connectivity index (χ0n) is 10.7. The number of aromatic nitrogens is 2. The first kappa shape index (κ1) is 11.7. The van der Waals surface area contributed by atoms with Crippen molar-refractivity contribution < 1.29 is 0 Å². The summed E-state index contributed by atoms with van der Waals surface area (Å²) in [6.07, 6.45) is 3.85. The molecule has 0 aliphatic rings. The van der Waals surface area contributed by atoms with Crippen LogP contribution in [0.25, 0.3) is 0 Å². The van der Waals surface area contributed by atoms with Crippen LogP contribution in [0.15, 0.2) is 30.6 Å². The molecular weight excluding hydrogens is 210 g/mol. The minimum absolute atomic E-state index is 0.918. The summed E-state index contributed by atoms with van der Waals surface area (Å²) in [7, 11) is 0. The standard InChI is InChI=1S/C14H19N3/c1-11-4-5-12(2)14(10-11)16-7-9-17-8-6-15-13(17)3/h4-6,8,10,16H,7,9H2,1-3H3. The van der Waals surface area contributed by atoms with Crippen molar-refractivity contribution in [2.75, 3.05) is 11.9 Å². The third-order valence-electron chi connectivity index (χ3n) is 2.98. The maximum absolute atomic E-state index is 4.21. The van der Waals surface area contributed by atoms with Gasteiger partial charge in [-0.05, 0) is 38.0 Å². The van der Waals surface area contributed by atoms with Crippen molar-refractivity contribution in [3.63, 3.8) is 0 Å². The third-order valence-corrected chi connectivity index (χ3v) is 2.98. The van der Waals surface area contributed by atoms with Gasteiger partial charge in [-0.3, -0.25) is 0 Å². The fraction of sp³-hybridized carbons (Fsp3) is 0.357. The molecule has 1 N–H and O–H groups in total. The van der Waals surface area contributed by atoms with Crippen LogP contribution in [0.1, 0.15) is 17.0 Å². The van der Waals surface area contributed by atoms with E-state index in [4.69, 9.17) is 0 Å². The molecule has 2 rings (SSSR count). The lowest BCUT2D eigenvalue weighted by molar-refractivity contribution is 0.700. The van der Waals surface area contributed by atoms with E-state index in [1.807, 2.05) is 19.3 Å². The van der Waals surface area contributed by atoms with Crippen molar-refractivity contribution in [2.24, 2.45) is 0 Å². The van der Waals surface area contributed by atoms with E-state index in [1.54, 1.807) is 0 Å². The smallest absolute Gasteiger partial charge is 0.105 e. The van der Waals surface area contributed by atoms with E-state index >= 15 is 0 Å². The highest BCUT2D eigenvalue weighted by Crippen LogP contribution is 2.15. The molecule has 0 spiro atoms. The van der Waals surface area contributed by atoms with Crippen molar-refractivity contribution in [3.05, 3.63) is 47.5 Å². The zero-order chi connectivity index (χ0) is 12.3. The third kappa shape index (κ3) is 2.87. The van der Waals surface area contributed by atoms with Gasteiger partial charge < -0.3 is 9.88 Å². The lowest BCUT2D eigenvalue weighted by Crippen LogP contribution is -2.11. The molecule has 0 atom stereocenters. The number of rotatable bonds is 4. The van der Waals surface area contributed by atoms with Gasteiger partial charge in [-0.2, -0.15) is 0 Å². The molecule has 0 saturated heterocycles. The molecule has 1 aromatic heterocycles. The Kier molecular flexibility index (Phi) is 3.47. The van der Waals surface area contributed by atoms with Crippen molar-refractivity contribution in [3.8, 4) is 0 Å². The molecule has 0 radical (unpaired) electrons. The van der Waals surface area contributed by atoms with Gasteiger partial charge in [0.15, 0.2) is 0 Å². The van der Waals surface area contributed by atoms with Crippen molar-refractivity contribution in [1.82, 2.24) is 9.55 Å². The second-order valence-corrected chi connectivity index (χ2v) is 4.41. The number of hydrogen-bond acceptors (Lipinski definition) is 2. The molecule has 3 heteroatoms. The summed E-state index contributed by atoms with van der Waals surface area (Å²) in [5.74, 6) is 1.06. The van der Waals surface area contributed by atoms with Gasteiger partial charge in [-0.1, -0.05) is 12.1 Å². The maximum Gasteiger partial charge on any atom is 0.105 e. The van der Waals surface area contributed by atoms with E-state index < -0.39 is 0 Å². The first-order valence-electron chi connectivity index (χ1n) is 5.95. The molecular formula is C14H19N3. The molecule has 3 nitrogen and oxygen atoms in total.